The molecule has 0 spiro atoms. The van der Waals surface area contributed by atoms with Crippen LogP contribution in [0.3, 0.4) is 0 Å². The third kappa shape index (κ3) is 3.53. The highest BCUT2D eigenvalue weighted by Crippen LogP contribution is 2.37. The standard InChI is InChI=1S/C16H29N3S/c1-7-12-13(11-17-15(2,3)4)20-14(18-12)19-10-8-9-16(19,5)6/h17H,7-11H2,1-6H3. The van der Waals surface area contributed by atoms with Crippen LogP contribution in [0, 0.1) is 0 Å². The number of nitrogens with zero attached hydrogens (tertiary/aromatic N) is 2. The van der Waals surface area contributed by atoms with E-state index >= 15 is 0 Å². The second-order valence-electron chi connectivity index (χ2n) is 7.39. The summed E-state index contributed by atoms with van der Waals surface area (Å²) < 4.78 is 0. The molecule has 114 valence electrons. The molecule has 0 aromatic carbocycles. The van der Waals surface area contributed by atoms with Crippen molar-refractivity contribution in [2.45, 2.75) is 78.4 Å². The molecule has 4 heteroatoms. The lowest BCUT2D eigenvalue weighted by atomic mass is 10.0. The first kappa shape index (κ1) is 15.8. The molecular formula is C16H29N3S. The third-order valence-electron chi connectivity index (χ3n) is 4.01. The van der Waals surface area contributed by atoms with Crippen molar-refractivity contribution in [2.24, 2.45) is 0 Å². The molecule has 1 fully saturated rings. The molecule has 0 saturated carbocycles. The monoisotopic (exact) mass is 295 g/mol. The van der Waals surface area contributed by atoms with Crippen molar-refractivity contribution < 1.29 is 0 Å². The van der Waals surface area contributed by atoms with Crippen molar-refractivity contribution in [2.75, 3.05) is 11.4 Å². The van der Waals surface area contributed by atoms with Gasteiger partial charge in [0.25, 0.3) is 0 Å². The lowest BCUT2D eigenvalue weighted by Crippen LogP contribution is -2.38. The smallest absolute Gasteiger partial charge is 0.186 e. The Bertz CT molecular complexity index is 457. The van der Waals surface area contributed by atoms with Crippen molar-refractivity contribution >= 4 is 16.5 Å². The number of nitrogens with one attached hydrogen (secondary N) is 1. The zero-order valence-electron chi connectivity index (χ0n) is 13.8. The second kappa shape index (κ2) is 5.64. The first-order valence-electron chi connectivity index (χ1n) is 7.74. The highest BCUT2D eigenvalue weighted by molar-refractivity contribution is 7.15. The van der Waals surface area contributed by atoms with Gasteiger partial charge in [-0.25, -0.2) is 4.98 Å². The first-order valence-corrected chi connectivity index (χ1v) is 8.56. The zero-order valence-corrected chi connectivity index (χ0v) is 14.7. The van der Waals surface area contributed by atoms with Gasteiger partial charge in [0, 0.05) is 29.0 Å². The summed E-state index contributed by atoms with van der Waals surface area (Å²) in [7, 11) is 0. The molecule has 1 N–H and O–H groups in total. The highest BCUT2D eigenvalue weighted by Gasteiger charge is 2.34. The molecule has 2 heterocycles. The third-order valence-corrected chi connectivity index (χ3v) is 5.13. The van der Waals surface area contributed by atoms with Gasteiger partial charge in [0.05, 0.1) is 5.69 Å². The summed E-state index contributed by atoms with van der Waals surface area (Å²) in [5.74, 6) is 0. The number of rotatable bonds is 4. The minimum atomic E-state index is 0.155. The van der Waals surface area contributed by atoms with Gasteiger partial charge in [0.2, 0.25) is 0 Å². The van der Waals surface area contributed by atoms with Crippen LogP contribution in [0.4, 0.5) is 5.13 Å². The van der Waals surface area contributed by atoms with Crippen LogP contribution in [0.25, 0.3) is 0 Å². The van der Waals surface area contributed by atoms with Crippen LogP contribution in [0.2, 0.25) is 0 Å². The first-order chi connectivity index (χ1) is 9.23. The van der Waals surface area contributed by atoms with E-state index in [9.17, 15) is 0 Å². The molecule has 0 amide bonds. The fraction of sp³-hybridized carbons (Fsp3) is 0.812. The van der Waals surface area contributed by atoms with Crippen LogP contribution in [-0.4, -0.2) is 22.6 Å². The molecule has 1 aliphatic rings. The van der Waals surface area contributed by atoms with E-state index in [-0.39, 0.29) is 11.1 Å². The second-order valence-corrected chi connectivity index (χ2v) is 8.45. The fourth-order valence-electron chi connectivity index (χ4n) is 2.71. The maximum atomic E-state index is 4.91. The molecule has 20 heavy (non-hydrogen) atoms. The topological polar surface area (TPSA) is 28.2 Å². The molecule has 0 radical (unpaired) electrons. The van der Waals surface area contributed by atoms with Gasteiger partial charge in [-0.15, -0.1) is 11.3 Å². The summed E-state index contributed by atoms with van der Waals surface area (Å²) in [5.41, 5.74) is 1.68. The largest absolute Gasteiger partial charge is 0.343 e. The molecule has 3 nitrogen and oxygen atoms in total. The summed E-state index contributed by atoms with van der Waals surface area (Å²) in [5, 5.41) is 4.81. The molecule has 1 aromatic rings. The Morgan fingerprint density at radius 2 is 2.05 bits per heavy atom. The average molecular weight is 295 g/mol. The maximum Gasteiger partial charge on any atom is 0.186 e. The molecule has 1 saturated heterocycles. The fourth-order valence-corrected chi connectivity index (χ4v) is 3.98. The molecule has 0 bridgehead atoms. The number of hydrogen-bond acceptors (Lipinski definition) is 4. The Balaban J connectivity index is 2.18. The average Bonchev–Trinajstić information content (AvgIpc) is 2.87. The molecule has 0 unspecified atom stereocenters. The lowest BCUT2D eigenvalue weighted by molar-refractivity contribution is 0.425. The molecule has 1 aliphatic heterocycles. The van der Waals surface area contributed by atoms with E-state index in [1.807, 2.05) is 11.3 Å². The van der Waals surface area contributed by atoms with Gasteiger partial charge in [-0.2, -0.15) is 0 Å². The van der Waals surface area contributed by atoms with Crippen molar-refractivity contribution in [1.29, 1.82) is 0 Å². The van der Waals surface area contributed by atoms with Crippen LogP contribution in [0.15, 0.2) is 0 Å². The Hall–Kier alpha value is -0.610. The van der Waals surface area contributed by atoms with Crippen molar-refractivity contribution in [3.05, 3.63) is 10.6 Å². The van der Waals surface area contributed by atoms with Crippen LogP contribution in [0.1, 0.15) is 65.0 Å². The normalized spacial score (nSPS) is 18.8. The molecule has 1 aromatic heterocycles. The summed E-state index contributed by atoms with van der Waals surface area (Å²) in [6.45, 7) is 15.6. The van der Waals surface area contributed by atoms with E-state index in [0.29, 0.717) is 0 Å². The van der Waals surface area contributed by atoms with Gasteiger partial charge < -0.3 is 10.2 Å². The zero-order chi connectivity index (χ0) is 15.0. The van der Waals surface area contributed by atoms with E-state index in [0.717, 1.165) is 19.5 Å². The Labute approximate surface area is 127 Å². The van der Waals surface area contributed by atoms with E-state index in [1.54, 1.807) is 0 Å². The van der Waals surface area contributed by atoms with Crippen LogP contribution >= 0.6 is 11.3 Å². The SMILES string of the molecule is CCc1nc(N2CCCC2(C)C)sc1CNC(C)(C)C. The highest BCUT2D eigenvalue weighted by atomic mass is 32.1. The summed E-state index contributed by atoms with van der Waals surface area (Å²) >= 11 is 1.88. The number of anilines is 1. The molecular weight excluding hydrogens is 266 g/mol. The minimum Gasteiger partial charge on any atom is -0.343 e. The van der Waals surface area contributed by atoms with Gasteiger partial charge >= 0.3 is 0 Å². The van der Waals surface area contributed by atoms with Gasteiger partial charge in [0.15, 0.2) is 5.13 Å². The van der Waals surface area contributed by atoms with E-state index in [2.05, 4.69) is 51.8 Å². The van der Waals surface area contributed by atoms with Crippen LogP contribution < -0.4 is 10.2 Å². The summed E-state index contributed by atoms with van der Waals surface area (Å²) in [6, 6.07) is 0. The van der Waals surface area contributed by atoms with Crippen molar-refractivity contribution in [3.63, 3.8) is 0 Å². The predicted octanol–water partition coefficient (Wildman–Crippen LogP) is 3.97. The van der Waals surface area contributed by atoms with Crippen molar-refractivity contribution in [1.82, 2.24) is 10.3 Å². The van der Waals surface area contributed by atoms with Crippen molar-refractivity contribution in [3.8, 4) is 0 Å². The molecule has 0 aliphatic carbocycles. The predicted molar refractivity (Wildman–Crippen MR) is 88.7 cm³/mol. The van der Waals surface area contributed by atoms with E-state index < -0.39 is 0 Å². The Morgan fingerprint density at radius 1 is 1.35 bits per heavy atom. The summed E-state index contributed by atoms with van der Waals surface area (Å²) in [4.78, 5) is 8.81. The van der Waals surface area contributed by atoms with E-state index in [1.165, 1.54) is 28.5 Å². The van der Waals surface area contributed by atoms with Crippen LogP contribution in [0.5, 0.6) is 0 Å². The lowest BCUT2D eigenvalue weighted by Gasteiger charge is -2.31. The number of aromatic nitrogens is 1. The van der Waals surface area contributed by atoms with Crippen LogP contribution in [-0.2, 0) is 13.0 Å². The Morgan fingerprint density at radius 3 is 2.55 bits per heavy atom. The minimum absolute atomic E-state index is 0.155. The van der Waals surface area contributed by atoms with E-state index in [4.69, 9.17) is 4.98 Å². The maximum absolute atomic E-state index is 4.91. The van der Waals surface area contributed by atoms with Gasteiger partial charge in [-0.1, -0.05) is 6.92 Å². The molecule has 2 rings (SSSR count). The van der Waals surface area contributed by atoms with Gasteiger partial charge in [-0.3, -0.25) is 0 Å². The Kier molecular flexibility index (Phi) is 4.45. The quantitative estimate of drug-likeness (QED) is 0.911. The summed E-state index contributed by atoms with van der Waals surface area (Å²) in [6.07, 6.45) is 3.57. The molecule has 0 atom stereocenters. The number of aryl methyl sites for hydroxylation is 1. The van der Waals surface area contributed by atoms with Gasteiger partial charge in [0.1, 0.15) is 0 Å². The number of thiazole rings is 1. The number of hydrogen-bond donors (Lipinski definition) is 1. The van der Waals surface area contributed by atoms with Gasteiger partial charge in [-0.05, 0) is 53.9 Å².